The highest BCUT2D eigenvalue weighted by Gasteiger charge is 2.35. The van der Waals surface area contributed by atoms with Crippen LogP contribution in [0.4, 0.5) is 18.9 Å². The second-order valence-corrected chi connectivity index (χ2v) is 10.2. The molecule has 2 aromatic carbocycles. The second-order valence-electron chi connectivity index (χ2n) is 9.17. The molecule has 2 amide bonds. The molecule has 0 bridgehead atoms. The van der Waals surface area contributed by atoms with Crippen molar-refractivity contribution in [3.05, 3.63) is 100 Å². The summed E-state index contributed by atoms with van der Waals surface area (Å²) >= 11 is 0.672. The van der Waals surface area contributed by atoms with E-state index in [1.165, 1.54) is 11.6 Å². The first-order valence-corrected chi connectivity index (χ1v) is 13.5. The minimum Gasteiger partial charge on any atom is -0.486 e. The van der Waals surface area contributed by atoms with Crippen molar-refractivity contribution in [3.8, 4) is 16.9 Å². The van der Waals surface area contributed by atoms with Crippen molar-refractivity contribution in [2.45, 2.75) is 32.5 Å². The van der Waals surface area contributed by atoms with Crippen LogP contribution in [0.5, 0.6) is 5.75 Å². The summed E-state index contributed by atoms with van der Waals surface area (Å²) in [5, 5.41) is 2.78. The Morgan fingerprint density at radius 1 is 1.05 bits per heavy atom. The van der Waals surface area contributed by atoms with Crippen molar-refractivity contribution < 1.29 is 31.9 Å². The van der Waals surface area contributed by atoms with Gasteiger partial charge in [0.25, 0.3) is 11.8 Å². The SMILES string of the molecule is CCCc1ccc(OCc2ccc(C(=O)Nc3c(C(N)=O)sc4nc(C(F)(F)F)cc(-c5ccccc5)c34)o2)cc1. The fraction of sp³-hybridized carbons (Fsp3) is 0.167. The van der Waals surface area contributed by atoms with Gasteiger partial charge in [0.15, 0.2) is 5.76 Å². The lowest BCUT2D eigenvalue weighted by atomic mass is 10.0. The lowest BCUT2D eigenvalue weighted by Gasteiger charge is -2.12. The van der Waals surface area contributed by atoms with Gasteiger partial charge in [-0.05, 0) is 53.4 Å². The van der Waals surface area contributed by atoms with Crippen molar-refractivity contribution in [1.29, 1.82) is 0 Å². The number of benzene rings is 2. The van der Waals surface area contributed by atoms with Gasteiger partial charge in [0, 0.05) is 5.39 Å². The van der Waals surface area contributed by atoms with Crippen LogP contribution in [0.1, 0.15) is 50.6 Å². The largest absolute Gasteiger partial charge is 0.486 e. The molecule has 210 valence electrons. The van der Waals surface area contributed by atoms with Gasteiger partial charge in [-0.1, -0.05) is 55.8 Å². The Balaban J connectivity index is 1.45. The van der Waals surface area contributed by atoms with Crippen LogP contribution in [0.25, 0.3) is 21.3 Å². The van der Waals surface area contributed by atoms with E-state index in [-0.39, 0.29) is 38.7 Å². The predicted molar refractivity (Wildman–Crippen MR) is 150 cm³/mol. The smallest absolute Gasteiger partial charge is 0.433 e. The maximum absolute atomic E-state index is 13.7. The summed E-state index contributed by atoms with van der Waals surface area (Å²) in [6.45, 7) is 2.17. The number of rotatable bonds is 9. The molecule has 5 aromatic rings. The topological polar surface area (TPSA) is 107 Å². The van der Waals surface area contributed by atoms with E-state index in [0.717, 1.165) is 18.9 Å². The Kier molecular flexibility index (Phi) is 7.80. The fourth-order valence-corrected chi connectivity index (χ4v) is 5.34. The Labute approximate surface area is 236 Å². The number of ether oxygens (including phenoxy) is 1. The monoisotopic (exact) mass is 579 g/mol. The molecule has 0 atom stereocenters. The molecule has 0 aliphatic heterocycles. The number of nitrogens with zero attached hydrogens (tertiary/aromatic N) is 1. The molecular weight excluding hydrogens is 555 g/mol. The number of carbonyl (C=O) groups excluding carboxylic acids is 2. The number of pyridine rings is 1. The van der Waals surface area contributed by atoms with Crippen molar-refractivity contribution in [3.63, 3.8) is 0 Å². The zero-order valence-corrected chi connectivity index (χ0v) is 22.6. The average molecular weight is 580 g/mol. The molecule has 7 nitrogen and oxygen atoms in total. The number of amides is 2. The van der Waals surface area contributed by atoms with Gasteiger partial charge in [-0.3, -0.25) is 9.59 Å². The van der Waals surface area contributed by atoms with Gasteiger partial charge >= 0.3 is 6.18 Å². The zero-order valence-electron chi connectivity index (χ0n) is 21.7. The number of nitrogens with two attached hydrogens (primary N) is 1. The number of hydrogen-bond acceptors (Lipinski definition) is 6. The number of thiophene rings is 1. The molecule has 3 aromatic heterocycles. The first-order chi connectivity index (χ1) is 19.6. The Hall–Kier alpha value is -4.64. The van der Waals surface area contributed by atoms with Gasteiger partial charge in [0.2, 0.25) is 0 Å². The highest BCUT2D eigenvalue weighted by molar-refractivity contribution is 7.21. The molecule has 3 heterocycles. The number of fused-ring (bicyclic) bond motifs is 1. The van der Waals surface area contributed by atoms with Gasteiger partial charge in [-0.2, -0.15) is 13.2 Å². The van der Waals surface area contributed by atoms with Crippen LogP contribution in [0, 0.1) is 0 Å². The molecule has 0 aliphatic carbocycles. The second kappa shape index (κ2) is 11.5. The molecule has 0 fully saturated rings. The number of carbonyl (C=O) groups is 2. The lowest BCUT2D eigenvalue weighted by Crippen LogP contribution is -2.16. The molecule has 0 unspecified atom stereocenters. The van der Waals surface area contributed by atoms with E-state index in [2.05, 4.69) is 17.2 Å². The number of alkyl halides is 3. The first kappa shape index (κ1) is 27.9. The first-order valence-electron chi connectivity index (χ1n) is 12.7. The summed E-state index contributed by atoms with van der Waals surface area (Å²) in [7, 11) is 0. The van der Waals surface area contributed by atoms with E-state index < -0.39 is 23.7 Å². The molecule has 0 saturated heterocycles. The molecule has 5 rings (SSSR count). The Morgan fingerprint density at radius 2 is 1.78 bits per heavy atom. The van der Waals surface area contributed by atoms with Gasteiger partial charge in [0.05, 0.1) is 5.69 Å². The third-order valence-corrected chi connectivity index (χ3v) is 7.33. The number of halogens is 3. The maximum Gasteiger partial charge on any atom is 0.433 e. The number of primary amides is 1. The van der Waals surface area contributed by atoms with Crippen LogP contribution in [-0.4, -0.2) is 16.8 Å². The van der Waals surface area contributed by atoms with E-state index >= 15 is 0 Å². The van der Waals surface area contributed by atoms with E-state index in [1.54, 1.807) is 36.4 Å². The molecule has 11 heteroatoms. The van der Waals surface area contributed by atoms with Crippen molar-refractivity contribution >= 4 is 39.1 Å². The van der Waals surface area contributed by atoms with Crippen molar-refractivity contribution in [2.75, 3.05) is 5.32 Å². The number of aryl methyl sites for hydroxylation is 1. The van der Waals surface area contributed by atoms with Gasteiger partial charge in [-0.15, -0.1) is 11.3 Å². The summed E-state index contributed by atoms with van der Waals surface area (Å²) in [6, 6.07) is 19.9. The van der Waals surface area contributed by atoms with Crippen LogP contribution in [0.2, 0.25) is 0 Å². The maximum atomic E-state index is 13.7. The Morgan fingerprint density at radius 3 is 2.44 bits per heavy atom. The molecule has 0 radical (unpaired) electrons. The van der Waals surface area contributed by atoms with E-state index in [0.29, 0.717) is 28.4 Å². The summed E-state index contributed by atoms with van der Waals surface area (Å²) in [4.78, 5) is 29.0. The standard InChI is InChI=1S/C30H24F3N3O4S/c1-2-6-17-9-11-19(12-10-17)39-16-20-13-14-22(40-20)28(38)36-25-24-21(18-7-4-3-5-8-18)15-23(30(31,32)33)35-29(24)41-26(25)27(34)37/h3-5,7-15H,2,6,16H2,1H3,(H2,34,37)(H,36,38). The molecule has 0 aliphatic rings. The minimum absolute atomic E-state index is 0.0380. The van der Waals surface area contributed by atoms with Gasteiger partial charge < -0.3 is 20.2 Å². The number of anilines is 1. The van der Waals surface area contributed by atoms with Crippen LogP contribution < -0.4 is 15.8 Å². The molecular formula is C30H24F3N3O4S. The highest BCUT2D eigenvalue weighted by Crippen LogP contribution is 2.43. The molecule has 3 N–H and O–H groups in total. The highest BCUT2D eigenvalue weighted by atomic mass is 32.1. The zero-order chi connectivity index (χ0) is 29.1. The van der Waals surface area contributed by atoms with Crippen molar-refractivity contribution in [2.24, 2.45) is 5.73 Å². The molecule has 0 saturated carbocycles. The fourth-order valence-electron chi connectivity index (χ4n) is 4.33. The van der Waals surface area contributed by atoms with E-state index in [1.807, 2.05) is 24.3 Å². The number of furan rings is 1. The Bertz CT molecular complexity index is 1710. The normalized spacial score (nSPS) is 11.5. The quantitative estimate of drug-likeness (QED) is 0.189. The third kappa shape index (κ3) is 6.09. The van der Waals surface area contributed by atoms with Crippen LogP contribution >= 0.6 is 11.3 Å². The number of hydrogen-bond donors (Lipinski definition) is 2. The summed E-state index contributed by atoms with van der Waals surface area (Å²) in [5.41, 5.74) is 6.17. The van der Waals surface area contributed by atoms with E-state index in [4.69, 9.17) is 14.9 Å². The average Bonchev–Trinajstić information content (AvgIpc) is 3.58. The van der Waals surface area contributed by atoms with Gasteiger partial charge in [-0.25, -0.2) is 4.98 Å². The predicted octanol–water partition coefficient (Wildman–Crippen LogP) is 7.46. The summed E-state index contributed by atoms with van der Waals surface area (Å²) in [5.74, 6) is -0.713. The minimum atomic E-state index is -4.73. The third-order valence-electron chi connectivity index (χ3n) is 6.23. The lowest BCUT2D eigenvalue weighted by molar-refractivity contribution is -0.140. The van der Waals surface area contributed by atoms with Gasteiger partial charge in [0.1, 0.15) is 33.5 Å². The van der Waals surface area contributed by atoms with Crippen LogP contribution in [0.15, 0.2) is 77.2 Å². The number of nitrogens with one attached hydrogen (secondary N) is 1. The van der Waals surface area contributed by atoms with Crippen molar-refractivity contribution in [1.82, 2.24) is 4.98 Å². The van der Waals surface area contributed by atoms with E-state index in [9.17, 15) is 22.8 Å². The molecule has 0 spiro atoms. The molecule has 41 heavy (non-hydrogen) atoms. The van der Waals surface area contributed by atoms with Crippen LogP contribution in [-0.2, 0) is 19.2 Å². The summed E-state index contributed by atoms with van der Waals surface area (Å²) < 4.78 is 52.5. The van der Waals surface area contributed by atoms with Crippen LogP contribution in [0.3, 0.4) is 0 Å². The summed E-state index contributed by atoms with van der Waals surface area (Å²) in [6.07, 6.45) is -2.72. The number of aromatic nitrogens is 1.